The molecule has 1 aliphatic rings. The molecule has 0 aliphatic carbocycles. The van der Waals surface area contributed by atoms with Crippen molar-refractivity contribution in [2.24, 2.45) is 0 Å². The lowest BCUT2D eigenvalue weighted by Crippen LogP contribution is -2.33. The summed E-state index contributed by atoms with van der Waals surface area (Å²) < 4.78 is 0. The lowest BCUT2D eigenvalue weighted by molar-refractivity contribution is -0.129. The molecule has 0 fully saturated rings. The highest BCUT2D eigenvalue weighted by atomic mass is 32.1. The van der Waals surface area contributed by atoms with E-state index in [0.717, 1.165) is 16.1 Å². The Morgan fingerprint density at radius 1 is 1.07 bits per heavy atom. The number of aliphatic hydroxyl groups is 1. The fourth-order valence-electron chi connectivity index (χ4n) is 3.86. The predicted octanol–water partition coefficient (Wildman–Crippen LogP) is 4.58. The van der Waals surface area contributed by atoms with E-state index in [1.165, 1.54) is 11.3 Å². The Morgan fingerprint density at radius 3 is 2.30 bits per heavy atom. The van der Waals surface area contributed by atoms with E-state index in [0.29, 0.717) is 23.5 Å². The van der Waals surface area contributed by atoms with Crippen LogP contribution in [-0.4, -0.2) is 33.2 Å². The van der Waals surface area contributed by atoms with Crippen LogP contribution in [0.4, 0.5) is 0 Å². The van der Waals surface area contributed by atoms with Crippen molar-refractivity contribution in [3.63, 3.8) is 0 Å². The summed E-state index contributed by atoms with van der Waals surface area (Å²) in [5.41, 5.74) is 2.63. The number of aliphatic hydroxyl groups excluding tert-OH is 1. The maximum atomic E-state index is 13.4. The van der Waals surface area contributed by atoms with Crippen molar-refractivity contribution in [1.82, 2.24) is 9.88 Å². The highest BCUT2D eigenvalue weighted by molar-refractivity contribution is 7.14. The van der Waals surface area contributed by atoms with Gasteiger partial charge in [0.1, 0.15) is 0 Å². The average molecular weight is 419 g/mol. The second-order valence-corrected chi connectivity index (χ2v) is 8.49. The molecule has 0 bridgehead atoms. The van der Waals surface area contributed by atoms with Gasteiger partial charge in [-0.2, -0.15) is 0 Å². The molecule has 1 unspecified atom stereocenters. The van der Waals surface area contributed by atoms with E-state index >= 15 is 0 Å². The summed E-state index contributed by atoms with van der Waals surface area (Å²) in [5.74, 6) is -1.31. The summed E-state index contributed by atoms with van der Waals surface area (Å²) in [6.07, 6.45) is 0.628. The molecule has 5 nitrogen and oxygen atoms in total. The zero-order valence-electron chi connectivity index (χ0n) is 16.8. The van der Waals surface area contributed by atoms with Gasteiger partial charge in [-0.15, -0.1) is 11.3 Å². The Balaban J connectivity index is 1.73. The number of carbonyl (C=O) groups excluding carboxylic acids is 2. The number of nitrogens with zero attached hydrogens (tertiary/aromatic N) is 2. The Kier molecular flexibility index (Phi) is 5.50. The summed E-state index contributed by atoms with van der Waals surface area (Å²) >= 11 is 1.29. The van der Waals surface area contributed by atoms with Gasteiger partial charge in [0.05, 0.1) is 27.2 Å². The minimum Gasteiger partial charge on any atom is -0.503 e. The van der Waals surface area contributed by atoms with Crippen molar-refractivity contribution in [1.29, 1.82) is 0 Å². The monoisotopic (exact) mass is 418 g/mol. The first-order valence-electron chi connectivity index (χ1n) is 9.79. The van der Waals surface area contributed by atoms with Crippen molar-refractivity contribution >= 4 is 23.0 Å². The summed E-state index contributed by atoms with van der Waals surface area (Å²) in [6.45, 7) is 4.00. The fourth-order valence-corrected chi connectivity index (χ4v) is 4.73. The molecule has 30 heavy (non-hydrogen) atoms. The molecule has 4 rings (SSSR count). The highest BCUT2D eigenvalue weighted by Gasteiger charge is 2.44. The lowest BCUT2D eigenvalue weighted by atomic mass is 9.95. The molecule has 2 aromatic carbocycles. The van der Waals surface area contributed by atoms with Crippen LogP contribution in [0.2, 0.25) is 0 Å². The zero-order valence-corrected chi connectivity index (χ0v) is 17.6. The second kappa shape index (κ2) is 8.24. The van der Waals surface area contributed by atoms with Crippen LogP contribution in [0.1, 0.15) is 37.5 Å². The number of hydrogen-bond acceptors (Lipinski definition) is 5. The Morgan fingerprint density at radius 2 is 1.70 bits per heavy atom. The van der Waals surface area contributed by atoms with E-state index in [-0.39, 0.29) is 11.4 Å². The zero-order chi connectivity index (χ0) is 21.3. The number of aryl methyl sites for hydroxylation is 2. The number of carbonyl (C=O) groups is 2. The molecule has 1 amide bonds. The second-order valence-electron chi connectivity index (χ2n) is 7.29. The molecule has 6 heteroatoms. The summed E-state index contributed by atoms with van der Waals surface area (Å²) in [6, 6.07) is 18.6. The highest BCUT2D eigenvalue weighted by Crippen LogP contribution is 2.40. The van der Waals surface area contributed by atoms with Gasteiger partial charge < -0.3 is 10.0 Å². The Labute approximate surface area is 179 Å². The average Bonchev–Trinajstić information content (AvgIpc) is 3.23. The Bertz CT molecular complexity index is 1120. The van der Waals surface area contributed by atoms with E-state index < -0.39 is 17.7 Å². The normalized spacial score (nSPS) is 16.4. The minimum absolute atomic E-state index is 0.131. The molecule has 3 aromatic rings. The first kappa shape index (κ1) is 20.0. The van der Waals surface area contributed by atoms with Crippen LogP contribution < -0.4 is 0 Å². The van der Waals surface area contributed by atoms with Gasteiger partial charge in [0, 0.05) is 6.54 Å². The first-order chi connectivity index (χ1) is 14.5. The molecule has 152 valence electrons. The van der Waals surface area contributed by atoms with Gasteiger partial charge in [-0.25, -0.2) is 4.98 Å². The van der Waals surface area contributed by atoms with Gasteiger partial charge in [-0.3, -0.25) is 9.59 Å². The molecule has 1 aromatic heterocycles. The van der Waals surface area contributed by atoms with E-state index in [4.69, 9.17) is 0 Å². The van der Waals surface area contributed by atoms with Crippen molar-refractivity contribution in [2.75, 3.05) is 6.54 Å². The van der Waals surface area contributed by atoms with Crippen LogP contribution >= 0.6 is 11.3 Å². The molecule has 0 saturated heterocycles. The summed E-state index contributed by atoms with van der Waals surface area (Å²) in [4.78, 5) is 32.8. The Hall–Kier alpha value is -3.25. The summed E-state index contributed by atoms with van der Waals surface area (Å²) in [7, 11) is 0. The number of rotatable bonds is 6. The molecule has 1 N–H and O–H groups in total. The molecule has 0 saturated carbocycles. The lowest BCUT2D eigenvalue weighted by Gasteiger charge is -2.27. The van der Waals surface area contributed by atoms with Gasteiger partial charge in [0.2, 0.25) is 5.78 Å². The third kappa shape index (κ3) is 3.66. The first-order valence-corrected chi connectivity index (χ1v) is 10.6. The predicted molar refractivity (Wildman–Crippen MR) is 117 cm³/mol. The van der Waals surface area contributed by atoms with Crippen molar-refractivity contribution in [3.05, 3.63) is 98.7 Å². The van der Waals surface area contributed by atoms with E-state index in [2.05, 4.69) is 4.98 Å². The number of ketones is 1. The molecular weight excluding hydrogens is 396 g/mol. The molecule has 0 radical (unpaired) electrons. The van der Waals surface area contributed by atoms with Crippen LogP contribution in [0.25, 0.3) is 0 Å². The third-order valence-corrected chi connectivity index (χ3v) is 6.33. The van der Waals surface area contributed by atoms with Crippen LogP contribution in [0.5, 0.6) is 0 Å². The minimum atomic E-state index is -0.628. The number of amides is 1. The van der Waals surface area contributed by atoms with E-state index in [1.807, 2.05) is 67.6 Å². The summed E-state index contributed by atoms with van der Waals surface area (Å²) in [5, 5.41) is 11.5. The smallest absolute Gasteiger partial charge is 0.290 e. The molecule has 2 heterocycles. The molecule has 1 atom stereocenters. The quantitative estimate of drug-likeness (QED) is 0.595. The van der Waals surface area contributed by atoms with Gasteiger partial charge in [0.15, 0.2) is 5.76 Å². The van der Waals surface area contributed by atoms with Crippen molar-refractivity contribution in [3.8, 4) is 0 Å². The largest absolute Gasteiger partial charge is 0.503 e. The van der Waals surface area contributed by atoms with Crippen LogP contribution in [0.15, 0.2) is 72.0 Å². The maximum absolute atomic E-state index is 13.4. The van der Waals surface area contributed by atoms with E-state index in [9.17, 15) is 14.7 Å². The molecule has 0 spiro atoms. The third-order valence-electron chi connectivity index (χ3n) is 5.26. The van der Waals surface area contributed by atoms with Gasteiger partial charge in [0.25, 0.3) is 5.91 Å². The van der Waals surface area contributed by atoms with Crippen molar-refractivity contribution in [2.45, 2.75) is 26.3 Å². The topological polar surface area (TPSA) is 70.5 Å². The van der Waals surface area contributed by atoms with Gasteiger partial charge >= 0.3 is 0 Å². The maximum Gasteiger partial charge on any atom is 0.290 e. The van der Waals surface area contributed by atoms with Gasteiger partial charge in [-0.1, -0.05) is 60.7 Å². The number of hydrogen-bond donors (Lipinski definition) is 1. The standard InChI is InChI=1S/C24H22N2O3S/c1-15-23(30-16(2)25-15)21(27)19-20(18-11-7-4-8-12-18)26(24(29)22(19)28)14-13-17-9-5-3-6-10-17/h3-12,20,28H,13-14H2,1-2H3. The van der Waals surface area contributed by atoms with Crippen molar-refractivity contribution < 1.29 is 14.7 Å². The molecule has 1 aliphatic heterocycles. The van der Waals surface area contributed by atoms with Gasteiger partial charge in [-0.05, 0) is 31.4 Å². The number of Topliss-reactive ketones (excluding diaryl/α,β-unsaturated/α-hetero) is 1. The van der Waals surface area contributed by atoms with Crippen LogP contribution in [-0.2, 0) is 11.2 Å². The number of benzene rings is 2. The van der Waals surface area contributed by atoms with E-state index in [1.54, 1.807) is 11.8 Å². The fraction of sp³-hybridized carbons (Fsp3) is 0.208. The molecular formula is C24H22N2O3S. The number of aromatic nitrogens is 1. The van der Waals surface area contributed by atoms with Crippen LogP contribution in [0, 0.1) is 13.8 Å². The SMILES string of the molecule is Cc1nc(C)c(C(=O)C2=C(O)C(=O)N(CCc3ccccc3)C2c2ccccc2)s1. The van der Waals surface area contributed by atoms with Crippen LogP contribution in [0.3, 0.4) is 0 Å². The number of thiazole rings is 1.